The van der Waals surface area contributed by atoms with Gasteiger partial charge in [0.1, 0.15) is 10.3 Å². The highest BCUT2D eigenvalue weighted by Crippen LogP contribution is 2.27. The van der Waals surface area contributed by atoms with Gasteiger partial charge in [0, 0.05) is 22.8 Å². The first kappa shape index (κ1) is 17.1. The molecule has 0 saturated heterocycles. The van der Waals surface area contributed by atoms with Crippen LogP contribution in [-0.4, -0.2) is 23.2 Å². The summed E-state index contributed by atoms with van der Waals surface area (Å²) in [6, 6.07) is 6.92. The molecule has 0 aliphatic rings. The standard InChI is InChI=1S/C16H15N5O2S2/c1-10-6-15(24-12(10)3)25(22,23)20-16-11(2)9-21(19-16)14-5-4-13(7-17)8-18-14/h4-6,8-9H,1-3H3,(H,19,20). The summed E-state index contributed by atoms with van der Waals surface area (Å²) in [7, 11) is -3.69. The lowest BCUT2D eigenvalue weighted by Gasteiger charge is -2.04. The summed E-state index contributed by atoms with van der Waals surface area (Å²) < 4.78 is 29.3. The second-order valence-electron chi connectivity index (χ2n) is 5.53. The SMILES string of the molecule is Cc1cn(-c2ccc(C#N)cn2)nc1NS(=O)(=O)c1cc(C)c(C)s1. The number of hydrogen-bond donors (Lipinski definition) is 1. The molecular formula is C16H15N5O2S2. The maximum Gasteiger partial charge on any atom is 0.272 e. The summed E-state index contributed by atoms with van der Waals surface area (Å²) in [6.45, 7) is 5.52. The lowest BCUT2D eigenvalue weighted by Crippen LogP contribution is -2.13. The summed E-state index contributed by atoms with van der Waals surface area (Å²) in [5.74, 6) is 0.741. The molecule has 0 radical (unpaired) electrons. The second kappa shape index (κ2) is 6.31. The van der Waals surface area contributed by atoms with Crippen LogP contribution in [0.1, 0.15) is 21.6 Å². The van der Waals surface area contributed by atoms with E-state index in [9.17, 15) is 8.42 Å². The quantitative estimate of drug-likeness (QED) is 0.758. The average Bonchev–Trinajstić information content (AvgIpc) is 3.11. The molecule has 3 aromatic rings. The van der Waals surface area contributed by atoms with Crippen LogP contribution < -0.4 is 4.72 Å². The van der Waals surface area contributed by atoms with E-state index in [1.807, 2.05) is 19.9 Å². The molecule has 3 rings (SSSR count). The van der Waals surface area contributed by atoms with Crippen molar-refractivity contribution in [2.75, 3.05) is 4.72 Å². The molecule has 9 heteroatoms. The third-order valence-electron chi connectivity index (χ3n) is 3.65. The smallest absolute Gasteiger partial charge is 0.261 e. The minimum Gasteiger partial charge on any atom is -0.261 e. The van der Waals surface area contributed by atoms with Gasteiger partial charge < -0.3 is 0 Å². The first-order valence-corrected chi connectivity index (χ1v) is 9.63. The number of nitrogens with zero attached hydrogens (tertiary/aromatic N) is 4. The van der Waals surface area contributed by atoms with E-state index in [1.54, 1.807) is 31.3 Å². The Morgan fingerprint density at radius 2 is 2.00 bits per heavy atom. The van der Waals surface area contributed by atoms with Crippen LogP contribution in [0.4, 0.5) is 5.82 Å². The van der Waals surface area contributed by atoms with E-state index in [2.05, 4.69) is 14.8 Å². The highest BCUT2D eigenvalue weighted by atomic mass is 32.2. The van der Waals surface area contributed by atoms with E-state index in [4.69, 9.17) is 5.26 Å². The van der Waals surface area contributed by atoms with Gasteiger partial charge in [0.05, 0.1) is 5.56 Å². The van der Waals surface area contributed by atoms with E-state index in [0.29, 0.717) is 16.9 Å². The number of aryl methyl sites for hydroxylation is 3. The Morgan fingerprint density at radius 1 is 1.24 bits per heavy atom. The third kappa shape index (κ3) is 3.40. The van der Waals surface area contributed by atoms with Gasteiger partial charge in [-0.1, -0.05) is 0 Å². The van der Waals surface area contributed by atoms with Crippen LogP contribution in [0.25, 0.3) is 5.82 Å². The number of nitriles is 1. The van der Waals surface area contributed by atoms with Gasteiger partial charge in [0.15, 0.2) is 11.6 Å². The molecule has 0 aliphatic heterocycles. The molecule has 25 heavy (non-hydrogen) atoms. The molecule has 0 unspecified atom stereocenters. The highest BCUT2D eigenvalue weighted by molar-refractivity contribution is 7.94. The molecule has 0 amide bonds. The van der Waals surface area contributed by atoms with Crippen LogP contribution in [0.15, 0.2) is 34.8 Å². The maximum atomic E-state index is 12.5. The summed E-state index contributed by atoms with van der Waals surface area (Å²) in [5, 5.41) is 13.1. The normalized spacial score (nSPS) is 11.3. The zero-order valence-corrected chi connectivity index (χ0v) is 15.4. The molecule has 1 N–H and O–H groups in total. The number of nitrogens with one attached hydrogen (secondary N) is 1. The summed E-state index contributed by atoms with van der Waals surface area (Å²) >= 11 is 1.23. The minimum atomic E-state index is -3.69. The fraction of sp³-hybridized carbons (Fsp3) is 0.188. The van der Waals surface area contributed by atoms with Crippen molar-refractivity contribution in [3.8, 4) is 11.9 Å². The predicted octanol–water partition coefficient (Wildman–Crippen LogP) is 2.93. The van der Waals surface area contributed by atoms with Gasteiger partial charge in [-0.25, -0.2) is 18.1 Å². The topological polar surface area (TPSA) is 101 Å². The van der Waals surface area contributed by atoms with Crippen molar-refractivity contribution in [1.29, 1.82) is 5.26 Å². The van der Waals surface area contributed by atoms with Gasteiger partial charge in [0.25, 0.3) is 10.0 Å². The zero-order chi connectivity index (χ0) is 18.2. The van der Waals surface area contributed by atoms with Crippen molar-refractivity contribution in [2.45, 2.75) is 25.0 Å². The first-order valence-electron chi connectivity index (χ1n) is 7.33. The molecule has 0 atom stereocenters. The molecular weight excluding hydrogens is 358 g/mol. The van der Waals surface area contributed by atoms with E-state index in [1.165, 1.54) is 22.2 Å². The van der Waals surface area contributed by atoms with Gasteiger partial charge in [-0.2, -0.15) is 5.26 Å². The van der Waals surface area contributed by atoms with E-state index in [-0.39, 0.29) is 10.0 Å². The van der Waals surface area contributed by atoms with Crippen molar-refractivity contribution in [3.05, 3.63) is 52.2 Å². The van der Waals surface area contributed by atoms with Crippen molar-refractivity contribution in [2.24, 2.45) is 0 Å². The van der Waals surface area contributed by atoms with Gasteiger partial charge >= 0.3 is 0 Å². The largest absolute Gasteiger partial charge is 0.272 e. The first-order chi connectivity index (χ1) is 11.8. The molecule has 3 aromatic heterocycles. The summed E-state index contributed by atoms with van der Waals surface area (Å²) in [6.07, 6.45) is 3.12. The lowest BCUT2D eigenvalue weighted by molar-refractivity contribution is 0.602. The van der Waals surface area contributed by atoms with Crippen molar-refractivity contribution in [1.82, 2.24) is 14.8 Å². The Morgan fingerprint density at radius 3 is 2.56 bits per heavy atom. The minimum absolute atomic E-state index is 0.245. The van der Waals surface area contributed by atoms with Crippen molar-refractivity contribution >= 4 is 27.2 Å². The monoisotopic (exact) mass is 373 g/mol. The number of sulfonamides is 1. The number of anilines is 1. The highest BCUT2D eigenvalue weighted by Gasteiger charge is 2.20. The lowest BCUT2D eigenvalue weighted by atomic mass is 10.3. The Labute approximate surface area is 149 Å². The fourth-order valence-electron chi connectivity index (χ4n) is 2.12. The van der Waals surface area contributed by atoms with Crippen LogP contribution in [0, 0.1) is 32.1 Å². The third-order valence-corrected chi connectivity index (χ3v) is 6.61. The Balaban J connectivity index is 1.91. The molecule has 0 fully saturated rings. The Bertz CT molecular complexity index is 1050. The molecule has 0 spiro atoms. The van der Waals surface area contributed by atoms with Gasteiger partial charge in [-0.15, -0.1) is 16.4 Å². The number of rotatable bonds is 4. The van der Waals surface area contributed by atoms with Gasteiger partial charge in [-0.05, 0) is 44.5 Å². The molecule has 0 aromatic carbocycles. The van der Waals surface area contributed by atoms with Crippen molar-refractivity contribution < 1.29 is 8.42 Å². The van der Waals surface area contributed by atoms with Gasteiger partial charge in [-0.3, -0.25) is 4.72 Å². The average molecular weight is 373 g/mol. The van der Waals surface area contributed by atoms with E-state index in [0.717, 1.165) is 10.4 Å². The fourth-order valence-corrected chi connectivity index (χ4v) is 4.70. The van der Waals surface area contributed by atoms with Crippen LogP contribution in [-0.2, 0) is 10.0 Å². The van der Waals surface area contributed by atoms with E-state index >= 15 is 0 Å². The number of thiophene rings is 1. The molecule has 3 heterocycles. The van der Waals surface area contributed by atoms with Crippen molar-refractivity contribution in [3.63, 3.8) is 0 Å². The number of pyridine rings is 1. The van der Waals surface area contributed by atoms with Crippen LogP contribution in [0.2, 0.25) is 0 Å². The van der Waals surface area contributed by atoms with Crippen LogP contribution >= 0.6 is 11.3 Å². The number of hydrogen-bond acceptors (Lipinski definition) is 6. The number of aromatic nitrogens is 3. The second-order valence-corrected chi connectivity index (χ2v) is 8.70. The molecule has 7 nitrogen and oxygen atoms in total. The summed E-state index contributed by atoms with van der Waals surface area (Å²) in [4.78, 5) is 5.11. The Hall–Kier alpha value is -2.70. The summed E-state index contributed by atoms with van der Waals surface area (Å²) in [5.41, 5.74) is 2.05. The molecule has 0 bridgehead atoms. The van der Waals surface area contributed by atoms with Crippen LogP contribution in [0.5, 0.6) is 0 Å². The predicted molar refractivity (Wildman–Crippen MR) is 95.4 cm³/mol. The molecule has 128 valence electrons. The Kier molecular flexibility index (Phi) is 4.32. The van der Waals surface area contributed by atoms with E-state index < -0.39 is 10.0 Å². The maximum absolute atomic E-state index is 12.5. The molecule has 0 aliphatic carbocycles. The molecule has 0 saturated carbocycles. The van der Waals surface area contributed by atoms with Gasteiger partial charge in [0.2, 0.25) is 0 Å². The van der Waals surface area contributed by atoms with Crippen LogP contribution in [0.3, 0.4) is 0 Å². The zero-order valence-electron chi connectivity index (χ0n) is 13.8.